The Bertz CT molecular complexity index is 561. The summed E-state index contributed by atoms with van der Waals surface area (Å²) in [6.07, 6.45) is 6.15. The molecule has 18 heavy (non-hydrogen) atoms. The number of nitrogens with one attached hydrogen (secondary N) is 1. The number of hydrogen-bond donors (Lipinski definition) is 1. The van der Waals surface area contributed by atoms with Crippen LogP contribution in [0.15, 0.2) is 35.2 Å². The van der Waals surface area contributed by atoms with Gasteiger partial charge in [-0.2, -0.15) is 0 Å². The van der Waals surface area contributed by atoms with Crippen molar-refractivity contribution in [1.29, 1.82) is 0 Å². The third-order valence-electron chi connectivity index (χ3n) is 3.27. The predicted molar refractivity (Wildman–Crippen MR) is 76.3 cm³/mol. The third-order valence-corrected chi connectivity index (χ3v) is 4.50. The van der Waals surface area contributed by atoms with Gasteiger partial charge in [0, 0.05) is 16.2 Å². The van der Waals surface area contributed by atoms with Gasteiger partial charge in [-0.25, -0.2) is 4.98 Å². The van der Waals surface area contributed by atoms with Crippen molar-refractivity contribution in [3.05, 3.63) is 45.9 Å². The van der Waals surface area contributed by atoms with E-state index in [9.17, 15) is 0 Å². The smallest absolute Gasteiger partial charge is 0.0994 e. The van der Waals surface area contributed by atoms with E-state index >= 15 is 0 Å². The van der Waals surface area contributed by atoms with Crippen molar-refractivity contribution in [2.45, 2.75) is 18.9 Å². The van der Waals surface area contributed by atoms with E-state index in [0.717, 1.165) is 23.1 Å². The number of benzene rings is 1. The van der Waals surface area contributed by atoms with Crippen molar-refractivity contribution >= 4 is 27.5 Å². The molecule has 0 radical (unpaired) electrons. The van der Waals surface area contributed by atoms with Crippen LogP contribution in [0.2, 0.25) is 5.02 Å². The number of hydrogen-bond acceptors (Lipinski definition) is 2. The Morgan fingerprint density at radius 2 is 2.33 bits per heavy atom. The van der Waals surface area contributed by atoms with Crippen LogP contribution in [-0.2, 0) is 0 Å². The molecule has 1 aromatic heterocycles. The summed E-state index contributed by atoms with van der Waals surface area (Å²) < 4.78 is 3.01. The molecule has 94 valence electrons. The lowest BCUT2D eigenvalue weighted by molar-refractivity contribution is 0.615. The molecule has 1 aliphatic heterocycles. The average Bonchev–Trinajstić information content (AvgIpc) is 3.00. The van der Waals surface area contributed by atoms with E-state index in [4.69, 9.17) is 11.6 Å². The van der Waals surface area contributed by atoms with Crippen molar-refractivity contribution in [3.63, 3.8) is 0 Å². The molecule has 2 aromatic rings. The zero-order chi connectivity index (χ0) is 12.5. The number of imidazole rings is 1. The molecule has 1 fully saturated rings. The molecule has 1 N–H and O–H groups in total. The maximum atomic E-state index is 6.15. The van der Waals surface area contributed by atoms with Gasteiger partial charge in [-0.15, -0.1) is 0 Å². The fourth-order valence-electron chi connectivity index (χ4n) is 2.35. The number of halogens is 2. The van der Waals surface area contributed by atoms with Gasteiger partial charge in [0.25, 0.3) is 0 Å². The summed E-state index contributed by atoms with van der Waals surface area (Å²) >= 11 is 9.55. The van der Waals surface area contributed by atoms with Gasteiger partial charge in [0.1, 0.15) is 0 Å². The minimum atomic E-state index is 0.398. The topological polar surface area (TPSA) is 29.9 Å². The van der Waals surface area contributed by atoms with Crippen molar-refractivity contribution in [3.8, 4) is 5.69 Å². The van der Waals surface area contributed by atoms with Crippen LogP contribution < -0.4 is 5.32 Å². The summed E-state index contributed by atoms with van der Waals surface area (Å²) in [5, 5.41) is 4.21. The van der Waals surface area contributed by atoms with Gasteiger partial charge >= 0.3 is 0 Å². The molecule has 3 rings (SSSR count). The minimum Gasteiger partial charge on any atom is -0.309 e. The van der Waals surface area contributed by atoms with Gasteiger partial charge in [0.15, 0.2) is 0 Å². The molecule has 5 heteroatoms. The van der Waals surface area contributed by atoms with Gasteiger partial charge in [0.2, 0.25) is 0 Å². The van der Waals surface area contributed by atoms with Gasteiger partial charge in [0.05, 0.1) is 23.2 Å². The first-order chi connectivity index (χ1) is 8.75. The number of rotatable bonds is 2. The van der Waals surface area contributed by atoms with Crippen molar-refractivity contribution in [1.82, 2.24) is 14.9 Å². The van der Waals surface area contributed by atoms with Crippen LogP contribution in [0.3, 0.4) is 0 Å². The third kappa shape index (κ3) is 2.20. The van der Waals surface area contributed by atoms with E-state index in [1.165, 1.54) is 12.1 Å². The van der Waals surface area contributed by atoms with E-state index in [1.54, 1.807) is 0 Å². The van der Waals surface area contributed by atoms with E-state index in [1.807, 2.05) is 30.7 Å². The Labute approximate surface area is 119 Å². The highest BCUT2D eigenvalue weighted by Crippen LogP contribution is 2.28. The van der Waals surface area contributed by atoms with Crippen LogP contribution in [0.4, 0.5) is 0 Å². The highest BCUT2D eigenvalue weighted by atomic mass is 79.9. The first-order valence-corrected chi connectivity index (χ1v) is 7.14. The number of aromatic nitrogens is 2. The number of nitrogens with zero attached hydrogens (tertiary/aromatic N) is 2. The lowest BCUT2D eigenvalue weighted by Crippen LogP contribution is -2.16. The molecule has 3 nitrogen and oxygen atoms in total. The summed E-state index contributed by atoms with van der Waals surface area (Å²) in [7, 11) is 0. The zero-order valence-electron chi connectivity index (χ0n) is 9.74. The predicted octanol–water partition coefficient (Wildman–Crippen LogP) is 3.71. The second-order valence-corrected chi connectivity index (χ2v) is 5.70. The quantitative estimate of drug-likeness (QED) is 0.911. The molecular formula is C13H13BrClN3. The zero-order valence-corrected chi connectivity index (χ0v) is 12.1. The maximum Gasteiger partial charge on any atom is 0.0994 e. The Balaban J connectivity index is 2.00. The first-order valence-electron chi connectivity index (χ1n) is 5.97. The molecule has 0 bridgehead atoms. The van der Waals surface area contributed by atoms with Crippen LogP contribution in [0, 0.1) is 0 Å². The molecule has 1 atom stereocenters. The van der Waals surface area contributed by atoms with Gasteiger partial charge in [-0.1, -0.05) is 11.6 Å². The Morgan fingerprint density at radius 1 is 1.44 bits per heavy atom. The standard InChI is InChI=1S/C13H13BrClN3/c14-10-4-3-9(6-11(10)15)18-8-16-7-13(18)12-2-1-5-17-12/h3-4,6-8,12,17H,1-2,5H2/t12-/m0/s1. The summed E-state index contributed by atoms with van der Waals surface area (Å²) in [6, 6.07) is 6.35. The van der Waals surface area contributed by atoms with Gasteiger partial charge < -0.3 is 9.88 Å². The van der Waals surface area contributed by atoms with Gasteiger partial charge in [-0.05, 0) is 53.5 Å². The molecule has 1 saturated heterocycles. The van der Waals surface area contributed by atoms with Crippen LogP contribution in [0.25, 0.3) is 5.69 Å². The fraction of sp³-hybridized carbons (Fsp3) is 0.308. The summed E-state index contributed by atoms with van der Waals surface area (Å²) in [4.78, 5) is 4.26. The van der Waals surface area contributed by atoms with Crippen LogP contribution in [-0.4, -0.2) is 16.1 Å². The summed E-state index contributed by atoms with van der Waals surface area (Å²) in [5.74, 6) is 0. The SMILES string of the molecule is Clc1cc(-n2cncc2[C@@H]2CCCN2)ccc1Br. The molecular weight excluding hydrogens is 314 g/mol. The Hall–Kier alpha value is -0.840. The fourth-order valence-corrected chi connectivity index (χ4v) is 2.77. The summed E-state index contributed by atoms with van der Waals surface area (Å²) in [6.45, 7) is 1.08. The van der Waals surface area contributed by atoms with E-state index in [2.05, 4.69) is 30.8 Å². The Kier molecular flexibility index (Phi) is 3.41. The van der Waals surface area contributed by atoms with Gasteiger partial charge in [-0.3, -0.25) is 0 Å². The van der Waals surface area contributed by atoms with Crippen LogP contribution in [0.1, 0.15) is 24.6 Å². The van der Waals surface area contributed by atoms with Crippen molar-refractivity contribution < 1.29 is 0 Å². The highest BCUT2D eigenvalue weighted by Gasteiger charge is 2.20. The Morgan fingerprint density at radius 3 is 3.06 bits per heavy atom. The highest BCUT2D eigenvalue weighted by molar-refractivity contribution is 9.10. The maximum absolute atomic E-state index is 6.15. The average molecular weight is 327 g/mol. The van der Waals surface area contributed by atoms with Crippen LogP contribution >= 0.6 is 27.5 Å². The molecule has 0 amide bonds. The van der Waals surface area contributed by atoms with E-state index < -0.39 is 0 Å². The minimum absolute atomic E-state index is 0.398. The second kappa shape index (κ2) is 5.03. The molecule has 0 unspecified atom stereocenters. The molecule has 0 aliphatic carbocycles. The molecule has 1 aromatic carbocycles. The molecule has 0 saturated carbocycles. The largest absolute Gasteiger partial charge is 0.309 e. The second-order valence-electron chi connectivity index (χ2n) is 4.44. The van der Waals surface area contributed by atoms with Crippen molar-refractivity contribution in [2.24, 2.45) is 0 Å². The molecule has 0 spiro atoms. The lowest BCUT2D eigenvalue weighted by Gasteiger charge is -2.14. The lowest BCUT2D eigenvalue weighted by atomic mass is 10.1. The summed E-state index contributed by atoms with van der Waals surface area (Å²) in [5.41, 5.74) is 2.25. The molecule has 1 aliphatic rings. The monoisotopic (exact) mass is 325 g/mol. The molecule has 2 heterocycles. The first kappa shape index (κ1) is 12.2. The normalized spacial score (nSPS) is 19.3. The van der Waals surface area contributed by atoms with E-state index in [0.29, 0.717) is 11.1 Å². The van der Waals surface area contributed by atoms with Crippen LogP contribution in [0.5, 0.6) is 0 Å². The van der Waals surface area contributed by atoms with Crippen molar-refractivity contribution in [2.75, 3.05) is 6.54 Å². The van der Waals surface area contributed by atoms with E-state index in [-0.39, 0.29) is 0 Å².